The number of rotatable bonds is 11. The van der Waals surface area contributed by atoms with Gasteiger partial charge in [-0.25, -0.2) is 0 Å². The fraction of sp³-hybridized carbons (Fsp3) is 0.667. The van der Waals surface area contributed by atoms with Crippen LogP contribution in [0.15, 0.2) is 24.3 Å². The third-order valence-corrected chi connectivity index (χ3v) is 3.66. The first-order chi connectivity index (χ1) is 10.3. The smallest absolute Gasteiger partial charge is 0.124 e. The van der Waals surface area contributed by atoms with Gasteiger partial charge in [0.25, 0.3) is 0 Å². The minimum atomic E-state index is 0.333. The van der Waals surface area contributed by atoms with Crippen molar-refractivity contribution in [3.05, 3.63) is 29.8 Å². The molecule has 120 valence electrons. The predicted molar refractivity (Wildman–Crippen MR) is 91.1 cm³/mol. The Morgan fingerprint density at radius 2 is 1.86 bits per heavy atom. The van der Waals surface area contributed by atoms with E-state index < -0.39 is 0 Å². The molecule has 0 amide bonds. The fourth-order valence-electron chi connectivity index (χ4n) is 2.60. The highest BCUT2D eigenvalue weighted by molar-refractivity contribution is 5.36. The van der Waals surface area contributed by atoms with Crippen molar-refractivity contribution in [3.63, 3.8) is 0 Å². The summed E-state index contributed by atoms with van der Waals surface area (Å²) in [6, 6.07) is 8.76. The molecule has 0 saturated heterocycles. The topological polar surface area (TPSA) is 24.5 Å². The summed E-state index contributed by atoms with van der Waals surface area (Å²) in [5.41, 5.74) is 1.28. The Balaban J connectivity index is 2.89. The molecule has 0 aliphatic carbocycles. The number of likely N-dealkylation sites (N-methyl/N-ethyl adjacent to an activating group) is 1. The van der Waals surface area contributed by atoms with Gasteiger partial charge in [-0.15, -0.1) is 0 Å². The van der Waals surface area contributed by atoms with Crippen molar-refractivity contribution in [2.75, 3.05) is 32.8 Å². The molecule has 1 unspecified atom stereocenters. The minimum Gasteiger partial charge on any atom is -0.494 e. The molecule has 0 saturated carbocycles. The predicted octanol–water partition coefficient (Wildman–Crippen LogP) is 3.86. The van der Waals surface area contributed by atoms with E-state index in [2.05, 4.69) is 55.3 Å². The molecular formula is C18H32N2O. The van der Waals surface area contributed by atoms with Crippen LogP contribution in [0.1, 0.15) is 52.1 Å². The third-order valence-electron chi connectivity index (χ3n) is 3.66. The molecular weight excluding hydrogens is 260 g/mol. The van der Waals surface area contributed by atoms with Crippen LogP contribution in [0.25, 0.3) is 0 Å². The van der Waals surface area contributed by atoms with Crippen LogP contribution in [0.3, 0.4) is 0 Å². The molecule has 1 rings (SSSR count). The second kappa shape index (κ2) is 10.6. The number of ether oxygens (including phenoxy) is 1. The number of hydrogen-bond acceptors (Lipinski definition) is 3. The molecule has 3 heteroatoms. The zero-order valence-corrected chi connectivity index (χ0v) is 14.2. The van der Waals surface area contributed by atoms with Gasteiger partial charge >= 0.3 is 0 Å². The van der Waals surface area contributed by atoms with Gasteiger partial charge in [0.1, 0.15) is 5.75 Å². The maximum Gasteiger partial charge on any atom is 0.124 e. The third kappa shape index (κ3) is 6.06. The van der Waals surface area contributed by atoms with Gasteiger partial charge in [0, 0.05) is 18.2 Å². The second-order valence-electron chi connectivity index (χ2n) is 5.37. The lowest BCUT2D eigenvalue weighted by Gasteiger charge is -2.28. The fourth-order valence-corrected chi connectivity index (χ4v) is 2.60. The lowest BCUT2D eigenvalue weighted by molar-refractivity contribution is 0.249. The highest BCUT2D eigenvalue weighted by atomic mass is 16.5. The maximum atomic E-state index is 5.81. The van der Waals surface area contributed by atoms with Gasteiger partial charge in [-0.3, -0.25) is 0 Å². The molecule has 0 heterocycles. The normalized spacial score (nSPS) is 12.6. The first-order valence-corrected chi connectivity index (χ1v) is 8.44. The molecule has 0 aliphatic heterocycles. The Bertz CT molecular complexity index is 381. The largest absolute Gasteiger partial charge is 0.494 e. The van der Waals surface area contributed by atoms with Crippen molar-refractivity contribution in [3.8, 4) is 5.75 Å². The minimum absolute atomic E-state index is 0.333. The molecule has 1 N–H and O–H groups in total. The van der Waals surface area contributed by atoms with Gasteiger partial charge in [0.05, 0.1) is 6.61 Å². The monoisotopic (exact) mass is 292 g/mol. The molecule has 0 radical (unpaired) electrons. The highest BCUT2D eigenvalue weighted by Gasteiger charge is 2.18. The van der Waals surface area contributed by atoms with Gasteiger partial charge < -0.3 is 15.0 Å². The molecule has 21 heavy (non-hydrogen) atoms. The van der Waals surface area contributed by atoms with Crippen LogP contribution >= 0.6 is 0 Å². The molecule has 0 fully saturated rings. The summed E-state index contributed by atoms with van der Waals surface area (Å²) >= 11 is 0. The molecule has 0 bridgehead atoms. The summed E-state index contributed by atoms with van der Waals surface area (Å²) in [5.74, 6) is 1.01. The average Bonchev–Trinajstić information content (AvgIpc) is 2.51. The average molecular weight is 292 g/mol. The van der Waals surface area contributed by atoms with Crippen molar-refractivity contribution in [1.82, 2.24) is 10.2 Å². The van der Waals surface area contributed by atoms with Gasteiger partial charge in [-0.05, 0) is 45.5 Å². The lowest BCUT2D eigenvalue weighted by atomic mass is 10.0. The van der Waals surface area contributed by atoms with Gasteiger partial charge in [-0.2, -0.15) is 0 Å². The Hall–Kier alpha value is -1.06. The molecule has 3 nitrogen and oxygen atoms in total. The van der Waals surface area contributed by atoms with E-state index in [0.717, 1.165) is 38.3 Å². The van der Waals surface area contributed by atoms with Crippen LogP contribution in [-0.2, 0) is 0 Å². The summed E-state index contributed by atoms with van der Waals surface area (Å²) in [6.07, 6.45) is 2.34. The zero-order valence-electron chi connectivity index (χ0n) is 14.2. The molecule has 1 atom stereocenters. The van der Waals surface area contributed by atoms with E-state index in [0.29, 0.717) is 12.6 Å². The Labute approximate surface area is 130 Å². The van der Waals surface area contributed by atoms with Gasteiger partial charge in [0.2, 0.25) is 0 Å². The maximum absolute atomic E-state index is 5.81. The first-order valence-electron chi connectivity index (χ1n) is 8.44. The Morgan fingerprint density at radius 1 is 1.10 bits per heavy atom. The van der Waals surface area contributed by atoms with Crippen molar-refractivity contribution in [1.29, 1.82) is 0 Å². The van der Waals surface area contributed by atoms with Gasteiger partial charge in [0.15, 0.2) is 0 Å². The molecule has 0 aliphatic rings. The highest BCUT2D eigenvalue weighted by Crippen LogP contribution is 2.26. The van der Waals surface area contributed by atoms with Crippen molar-refractivity contribution >= 4 is 0 Å². The number of hydrogen-bond donors (Lipinski definition) is 1. The van der Waals surface area contributed by atoms with E-state index in [1.165, 1.54) is 12.0 Å². The number of nitrogens with one attached hydrogen (secondary N) is 1. The lowest BCUT2D eigenvalue weighted by Crippen LogP contribution is -2.36. The summed E-state index contributed by atoms with van der Waals surface area (Å²) in [6.45, 7) is 13.8. The van der Waals surface area contributed by atoms with Crippen LogP contribution < -0.4 is 10.1 Å². The standard InChI is InChI=1S/C18H32N2O/c1-5-13-19-17(15-20(7-3)14-6-2)16-11-9-10-12-18(16)21-8-4/h9-12,17,19H,5-8,13-15H2,1-4H3. The van der Waals surface area contributed by atoms with Crippen LogP contribution in [0, 0.1) is 0 Å². The molecule has 0 spiro atoms. The summed E-state index contributed by atoms with van der Waals surface area (Å²) < 4.78 is 5.81. The second-order valence-corrected chi connectivity index (χ2v) is 5.37. The Kier molecular flexibility index (Phi) is 9.11. The van der Waals surface area contributed by atoms with Crippen molar-refractivity contribution < 1.29 is 4.74 Å². The van der Waals surface area contributed by atoms with E-state index >= 15 is 0 Å². The van der Waals surface area contributed by atoms with E-state index in [4.69, 9.17) is 4.74 Å². The SMILES string of the molecule is CCCNC(CN(CC)CCC)c1ccccc1OCC. The number of para-hydroxylation sites is 1. The Morgan fingerprint density at radius 3 is 2.48 bits per heavy atom. The van der Waals surface area contributed by atoms with Crippen molar-refractivity contribution in [2.45, 2.75) is 46.6 Å². The number of benzene rings is 1. The van der Waals surface area contributed by atoms with E-state index in [1.54, 1.807) is 0 Å². The van der Waals surface area contributed by atoms with Crippen LogP contribution in [0.5, 0.6) is 5.75 Å². The van der Waals surface area contributed by atoms with Crippen LogP contribution in [0.2, 0.25) is 0 Å². The quantitative estimate of drug-likeness (QED) is 0.670. The number of nitrogens with zero attached hydrogens (tertiary/aromatic N) is 1. The zero-order chi connectivity index (χ0) is 15.5. The van der Waals surface area contributed by atoms with Crippen molar-refractivity contribution in [2.24, 2.45) is 0 Å². The first kappa shape index (κ1) is 18.0. The van der Waals surface area contributed by atoms with E-state index in [-0.39, 0.29) is 0 Å². The summed E-state index contributed by atoms with van der Waals surface area (Å²) in [7, 11) is 0. The van der Waals surface area contributed by atoms with Crippen LogP contribution in [-0.4, -0.2) is 37.7 Å². The van der Waals surface area contributed by atoms with Gasteiger partial charge in [-0.1, -0.05) is 39.0 Å². The molecule has 1 aromatic carbocycles. The van der Waals surface area contributed by atoms with Crippen LogP contribution in [0.4, 0.5) is 0 Å². The van der Waals surface area contributed by atoms with E-state index in [1.807, 2.05) is 6.92 Å². The van der Waals surface area contributed by atoms with E-state index in [9.17, 15) is 0 Å². The summed E-state index contributed by atoms with van der Waals surface area (Å²) in [5, 5.41) is 3.69. The molecule has 1 aromatic rings. The summed E-state index contributed by atoms with van der Waals surface area (Å²) in [4.78, 5) is 2.51. The molecule has 0 aromatic heterocycles.